The number of halogens is 3. The first-order valence-corrected chi connectivity index (χ1v) is 6.64. The van der Waals surface area contributed by atoms with Crippen molar-refractivity contribution in [3.63, 3.8) is 0 Å². The fraction of sp³-hybridized carbons (Fsp3) is 0.250. The van der Waals surface area contributed by atoms with E-state index in [1.165, 1.54) is 6.07 Å². The van der Waals surface area contributed by atoms with Crippen LogP contribution in [0.1, 0.15) is 24.2 Å². The second kappa shape index (κ2) is 5.38. The number of hydrogen-bond acceptors (Lipinski definition) is 2. The summed E-state index contributed by atoms with van der Waals surface area (Å²) in [5.74, 6) is -0.484. The van der Waals surface area contributed by atoms with Crippen molar-refractivity contribution in [3.05, 3.63) is 51.0 Å². The van der Waals surface area contributed by atoms with Gasteiger partial charge in [-0.2, -0.15) is 5.10 Å². The average Bonchev–Trinajstić information content (AvgIpc) is 2.73. The van der Waals surface area contributed by atoms with Crippen molar-refractivity contribution < 1.29 is 4.39 Å². The van der Waals surface area contributed by atoms with Crippen molar-refractivity contribution in [1.82, 2.24) is 9.78 Å². The highest BCUT2D eigenvalue weighted by molar-refractivity contribution is 9.10. The maximum Gasteiger partial charge on any atom is 0.146 e. The first-order valence-electron chi connectivity index (χ1n) is 5.47. The summed E-state index contributed by atoms with van der Waals surface area (Å²) in [6.07, 6.45) is 1.65. The molecule has 0 saturated heterocycles. The number of hydrogen-bond donors (Lipinski definition) is 1. The lowest BCUT2D eigenvalue weighted by atomic mass is 10.0. The number of aryl methyl sites for hydroxylation is 1. The molecule has 2 rings (SSSR count). The Kier molecular flexibility index (Phi) is 4.04. The molecule has 2 aromatic rings. The third kappa shape index (κ3) is 2.30. The van der Waals surface area contributed by atoms with Crippen molar-refractivity contribution in [2.45, 2.75) is 19.5 Å². The molecular weight excluding hydrogens is 321 g/mol. The van der Waals surface area contributed by atoms with Gasteiger partial charge < -0.3 is 5.73 Å². The lowest BCUT2D eigenvalue weighted by Gasteiger charge is -2.16. The van der Waals surface area contributed by atoms with E-state index in [1.54, 1.807) is 23.0 Å². The van der Waals surface area contributed by atoms with Crippen LogP contribution in [-0.2, 0) is 6.54 Å². The standard InChI is InChI=1S/C12H12BrClFN3/c1-2-18-12(8(13)6-17-18)11(16)7-4-3-5-9(14)10(7)15/h3-6,11H,2,16H2,1H3. The van der Waals surface area contributed by atoms with E-state index in [0.29, 0.717) is 12.1 Å². The summed E-state index contributed by atoms with van der Waals surface area (Å²) in [6.45, 7) is 2.61. The number of nitrogens with two attached hydrogens (primary N) is 1. The molecule has 6 heteroatoms. The lowest BCUT2D eigenvalue weighted by molar-refractivity contribution is 0.567. The Balaban J connectivity index is 2.51. The molecule has 0 amide bonds. The molecule has 0 spiro atoms. The van der Waals surface area contributed by atoms with Crippen LogP contribution in [-0.4, -0.2) is 9.78 Å². The van der Waals surface area contributed by atoms with Crippen LogP contribution in [0.4, 0.5) is 4.39 Å². The molecule has 96 valence electrons. The maximum absolute atomic E-state index is 14.0. The van der Waals surface area contributed by atoms with E-state index in [2.05, 4.69) is 21.0 Å². The Morgan fingerprint density at radius 3 is 2.94 bits per heavy atom. The normalized spacial score (nSPS) is 12.7. The van der Waals surface area contributed by atoms with Crippen molar-refractivity contribution in [3.8, 4) is 0 Å². The minimum atomic E-state index is -0.611. The molecule has 18 heavy (non-hydrogen) atoms. The van der Waals surface area contributed by atoms with Gasteiger partial charge in [0.05, 0.1) is 27.4 Å². The van der Waals surface area contributed by atoms with Crippen molar-refractivity contribution in [1.29, 1.82) is 0 Å². The topological polar surface area (TPSA) is 43.8 Å². The second-order valence-electron chi connectivity index (χ2n) is 3.81. The van der Waals surface area contributed by atoms with E-state index in [-0.39, 0.29) is 5.02 Å². The highest BCUT2D eigenvalue weighted by atomic mass is 79.9. The van der Waals surface area contributed by atoms with E-state index < -0.39 is 11.9 Å². The van der Waals surface area contributed by atoms with Gasteiger partial charge in [-0.3, -0.25) is 4.68 Å². The van der Waals surface area contributed by atoms with Gasteiger partial charge >= 0.3 is 0 Å². The van der Waals surface area contributed by atoms with Gasteiger partial charge in [-0.25, -0.2) is 4.39 Å². The predicted octanol–water partition coefficient (Wildman–Crippen LogP) is 3.51. The van der Waals surface area contributed by atoms with Crippen molar-refractivity contribution in [2.75, 3.05) is 0 Å². The minimum Gasteiger partial charge on any atom is -0.319 e. The lowest BCUT2D eigenvalue weighted by Crippen LogP contribution is -2.19. The second-order valence-corrected chi connectivity index (χ2v) is 5.08. The molecular formula is C12H12BrClFN3. The molecule has 1 aromatic heterocycles. The van der Waals surface area contributed by atoms with Gasteiger partial charge in [0.2, 0.25) is 0 Å². The molecule has 0 aliphatic rings. The molecule has 1 aromatic carbocycles. The predicted molar refractivity (Wildman–Crippen MR) is 73.0 cm³/mol. The molecule has 0 fully saturated rings. The molecule has 0 aliphatic heterocycles. The Labute approximate surface area is 118 Å². The maximum atomic E-state index is 14.0. The Morgan fingerprint density at radius 2 is 2.28 bits per heavy atom. The third-order valence-corrected chi connectivity index (χ3v) is 3.65. The van der Waals surface area contributed by atoms with Crippen LogP contribution in [0.5, 0.6) is 0 Å². The van der Waals surface area contributed by atoms with Gasteiger partial charge in [0.15, 0.2) is 0 Å². The summed E-state index contributed by atoms with van der Waals surface area (Å²) in [4.78, 5) is 0. The first-order chi connectivity index (χ1) is 8.56. The SMILES string of the molecule is CCn1ncc(Br)c1C(N)c1cccc(Cl)c1F. The molecule has 1 heterocycles. The molecule has 0 radical (unpaired) electrons. The fourth-order valence-corrected chi connectivity index (χ4v) is 2.57. The van der Waals surface area contributed by atoms with Crippen molar-refractivity contribution in [2.24, 2.45) is 5.73 Å². The van der Waals surface area contributed by atoms with Crippen LogP contribution < -0.4 is 5.73 Å². The Hall–Kier alpha value is -0.910. The van der Waals surface area contributed by atoms with E-state index >= 15 is 0 Å². The van der Waals surface area contributed by atoms with Crippen LogP contribution in [0.3, 0.4) is 0 Å². The smallest absolute Gasteiger partial charge is 0.146 e. The molecule has 1 atom stereocenters. The number of nitrogens with zero attached hydrogens (tertiary/aromatic N) is 2. The zero-order valence-electron chi connectivity index (χ0n) is 9.70. The number of rotatable bonds is 3. The summed E-state index contributed by atoms with van der Waals surface area (Å²) in [5.41, 5.74) is 7.21. The summed E-state index contributed by atoms with van der Waals surface area (Å²) >= 11 is 9.15. The van der Waals surface area contributed by atoms with Crippen LogP contribution in [0, 0.1) is 5.82 Å². The number of benzene rings is 1. The van der Waals surface area contributed by atoms with E-state index in [4.69, 9.17) is 17.3 Å². The Morgan fingerprint density at radius 1 is 1.56 bits per heavy atom. The zero-order valence-corrected chi connectivity index (χ0v) is 12.0. The fourth-order valence-electron chi connectivity index (χ4n) is 1.84. The van der Waals surface area contributed by atoms with Crippen LogP contribution >= 0.6 is 27.5 Å². The number of aromatic nitrogens is 2. The molecule has 1 unspecified atom stereocenters. The summed E-state index contributed by atoms with van der Waals surface area (Å²) in [5, 5.41) is 4.24. The van der Waals surface area contributed by atoms with Gasteiger partial charge in [0, 0.05) is 12.1 Å². The molecule has 0 bridgehead atoms. The highest BCUT2D eigenvalue weighted by Crippen LogP contribution is 2.30. The van der Waals surface area contributed by atoms with Gasteiger partial charge in [0.25, 0.3) is 0 Å². The van der Waals surface area contributed by atoms with E-state index in [1.807, 2.05) is 6.92 Å². The van der Waals surface area contributed by atoms with Crippen molar-refractivity contribution >= 4 is 27.5 Å². The molecule has 0 aliphatic carbocycles. The molecule has 3 nitrogen and oxygen atoms in total. The van der Waals surface area contributed by atoms with Gasteiger partial charge in [-0.15, -0.1) is 0 Å². The molecule has 2 N–H and O–H groups in total. The Bertz CT molecular complexity index is 570. The minimum absolute atomic E-state index is 0.0710. The first kappa shape index (κ1) is 13.5. The van der Waals surface area contributed by atoms with E-state index in [9.17, 15) is 4.39 Å². The molecule has 0 saturated carbocycles. The van der Waals surface area contributed by atoms with E-state index in [0.717, 1.165) is 10.2 Å². The van der Waals surface area contributed by atoms with Gasteiger partial charge in [-0.05, 0) is 28.9 Å². The van der Waals surface area contributed by atoms with Crippen LogP contribution in [0.25, 0.3) is 0 Å². The van der Waals surface area contributed by atoms with Crippen LogP contribution in [0.15, 0.2) is 28.9 Å². The quantitative estimate of drug-likeness (QED) is 0.935. The summed E-state index contributed by atoms with van der Waals surface area (Å²) in [7, 11) is 0. The van der Waals surface area contributed by atoms with Crippen LogP contribution in [0.2, 0.25) is 5.02 Å². The largest absolute Gasteiger partial charge is 0.319 e. The average molecular weight is 333 g/mol. The monoisotopic (exact) mass is 331 g/mol. The summed E-state index contributed by atoms with van der Waals surface area (Å²) in [6, 6.07) is 4.20. The zero-order chi connectivity index (χ0) is 13.3. The van der Waals surface area contributed by atoms with Gasteiger partial charge in [-0.1, -0.05) is 23.7 Å². The highest BCUT2D eigenvalue weighted by Gasteiger charge is 2.21. The van der Waals surface area contributed by atoms with Gasteiger partial charge in [0.1, 0.15) is 5.82 Å². The third-order valence-electron chi connectivity index (χ3n) is 2.74. The summed E-state index contributed by atoms with van der Waals surface area (Å²) < 4.78 is 16.4.